The Morgan fingerprint density at radius 3 is 1.97 bits per heavy atom. The molecule has 1 aromatic heterocycles. The van der Waals surface area contributed by atoms with Crippen molar-refractivity contribution in [2.45, 2.75) is 19.9 Å². The SMILES string of the molecule is Cc1nc2ccccc2nc1N1CCN(C(=O)C(C)N2C(=O)c3ccccc3C2=O)CC1. The van der Waals surface area contributed by atoms with Gasteiger partial charge in [0, 0.05) is 26.2 Å². The smallest absolute Gasteiger partial charge is 0.262 e. The summed E-state index contributed by atoms with van der Waals surface area (Å²) in [4.78, 5) is 53.0. The number of carbonyl (C=O) groups is 3. The number of fused-ring (bicyclic) bond motifs is 2. The number of rotatable bonds is 3. The van der Waals surface area contributed by atoms with Crippen LogP contribution in [0.15, 0.2) is 48.5 Å². The standard InChI is InChI=1S/C24H23N5O3/c1-15-21(26-20-10-6-5-9-19(20)25-15)27-11-13-28(14-12-27)22(30)16(2)29-23(31)17-7-3-4-8-18(17)24(29)32/h3-10,16H,11-14H2,1-2H3. The topological polar surface area (TPSA) is 86.7 Å². The van der Waals surface area contributed by atoms with E-state index >= 15 is 0 Å². The van der Waals surface area contributed by atoms with Gasteiger partial charge in [-0.2, -0.15) is 0 Å². The first kappa shape index (κ1) is 20.1. The lowest BCUT2D eigenvalue weighted by atomic mass is 10.1. The van der Waals surface area contributed by atoms with Crippen molar-refractivity contribution < 1.29 is 14.4 Å². The molecule has 1 saturated heterocycles. The normalized spacial score (nSPS) is 17.1. The summed E-state index contributed by atoms with van der Waals surface area (Å²) in [6, 6.07) is 13.6. The molecule has 3 amide bonds. The number of aryl methyl sites for hydroxylation is 1. The van der Waals surface area contributed by atoms with Crippen LogP contribution >= 0.6 is 0 Å². The second kappa shape index (κ2) is 7.71. The van der Waals surface area contributed by atoms with Crippen LogP contribution < -0.4 is 4.90 Å². The van der Waals surface area contributed by atoms with Gasteiger partial charge in [-0.15, -0.1) is 0 Å². The van der Waals surface area contributed by atoms with Crippen LogP contribution in [-0.2, 0) is 4.79 Å². The Kier molecular flexibility index (Phi) is 4.84. The molecule has 1 atom stereocenters. The van der Waals surface area contributed by atoms with Gasteiger partial charge in [-0.1, -0.05) is 24.3 Å². The average Bonchev–Trinajstić information content (AvgIpc) is 3.08. The van der Waals surface area contributed by atoms with E-state index in [4.69, 9.17) is 4.98 Å². The molecule has 2 aromatic carbocycles. The fourth-order valence-corrected chi connectivity index (χ4v) is 4.45. The van der Waals surface area contributed by atoms with Gasteiger partial charge in [-0.3, -0.25) is 19.3 Å². The first-order valence-corrected chi connectivity index (χ1v) is 10.7. The van der Waals surface area contributed by atoms with Crippen molar-refractivity contribution in [3.05, 3.63) is 65.4 Å². The number of carbonyl (C=O) groups excluding carboxylic acids is 3. The average molecular weight is 429 g/mol. The quantitative estimate of drug-likeness (QED) is 0.594. The van der Waals surface area contributed by atoms with Crippen molar-refractivity contribution in [1.82, 2.24) is 19.8 Å². The molecular formula is C24H23N5O3. The van der Waals surface area contributed by atoms with Crippen molar-refractivity contribution >= 4 is 34.6 Å². The van der Waals surface area contributed by atoms with Crippen LogP contribution in [0.25, 0.3) is 11.0 Å². The van der Waals surface area contributed by atoms with Gasteiger partial charge in [0.05, 0.1) is 27.9 Å². The fraction of sp³-hybridized carbons (Fsp3) is 0.292. The van der Waals surface area contributed by atoms with E-state index in [9.17, 15) is 14.4 Å². The van der Waals surface area contributed by atoms with E-state index in [1.165, 1.54) is 0 Å². The van der Waals surface area contributed by atoms with Gasteiger partial charge in [0.15, 0.2) is 5.82 Å². The zero-order valence-electron chi connectivity index (χ0n) is 18.0. The van der Waals surface area contributed by atoms with Gasteiger partial charge in [0.25, 0.3) is 11.8 Å². The number of para-hydroxylation sites is 2. The van der Waals surface area contributed by atoms with Gasteiger partial charge in [0.1, 0.15) is 6.04 Å². The molecule has 0 radical (unpaired) electrons. The van der Waals surface area contributed by atoms with Crippen LogP contribution in [0.4, 0.5) is 5.82 Å². The largest absolute Gasteiger partial charge is 0.352 e. The highest BCUT2D eigenvalue weighted by molar-refractivity contribution is 6.22. The van der Waals surface area contributed by atoms with Gasteiger partial charge in [-0.05, 0) is 38.1 Å². The van der Waals surface area contributed by atoms with Gasteiger partial charge in [-0.25, -0.2) is 9.97 Å². The van der Waals surface area contributed by atoms with E-state index in [1.54, 1.807) is 36.1 Å². The molecule has 3 aromatic rings. The molecule has 0 spiro atoms. The summed E-state index contributed by atoms with van der Waals surface area (Å²) in [7, 11) is 0. The number of aromatic nitrogens is 2. The third-order valence-corrected chi connectivity index (χ3v) is 6.18. The summed E-state index contributed by atoms with van der Waals surface area (Å²) in [5.74, 6) is -0.219. The third kappa shape index (κ3) is 3.19. The molecule has 8 heteroatoms. The summed E-state index contributed by atoms with van der Waals surface area (Å²) in [6.45, 7) is 5.75. The number of amides is 3. The maximum Gasteiger partial charge on any atom is 0.262 e. The molecule has 0 bridgehead atoms. The zero-order valence-corrected chi connectivity index (χ0v) is 18.0. The van der Waals surface area contributed by atoms with E-state index in [-0.39, 0.29) is 5.91 Å². The van der Waals surface area contributed by atoms with Crippen LogP contribution in [0, 0.1) is 6.92 Å². The van der Waals surface area contributed by atoms with E-state index in [0.717, 1.165) is 27.4 Å². The first-order chi connectivity index (χ1) is 15.5. The molecule has 0 aliphatic carbocycles. The molecule has 8 nitrogen and oxygen atoms in total. The molecule has 32 heavy (non-hydrogen) atoms. The Balaban J connectivity index is 1.29. The summed E-state index contributed by atoms with van der Waals surface area (Å²) >= 11 is 0. The monoisotopic (exact) mass is 429 g/mol. The molecule has 1 fully saturated rings. The number of imide groups is 1. The molecule has 0 saturated carbocycles. The maximum atomic E-state index is 13.1. The number of hydrogen-bond acceptors (Lipinski definition) is 6. The minimum atomic E-state index is -0.851. The minimum absolute atomic E-state index is 0.222. The first-order valence-electron chi connectivity index (χ1n) is 10.7. The summed E-state index contributed by atoms with van der Waals surface area (Å²) in [5.41, 5.74) is 3.26. The molecule has 0 N–H and O–H groups in total. The van der Waals surface area contributed by atoms with Gasteiger partial charge < -0.3 is 9.80 Å². The highest BCUT2D eigenvalue weighted by Crippen LogP contribution is 2.26. The molecule has 162 valence electrons. The second-order valence-corrected chi connectivity index (χ2v) is 8.14. The second-order valence-electron chi connectivity index (χ2n) is 8.14. The van der Waals surface area contributed by atoms with Crippen molar-refractivity contribution in [1.29, 1.82) is 0 Å². The maximum absolute atomic E-state index is 13.1. The number of piperazine rings is 1. The minimum Gasteiger partial charge on any atom is -0.352 e. The molecule has 2 aliphatic rings. The molecule has 3 heterocycles. The zero-order chi connectivity index (χ0) is 22.4. The number of hydrogen-bond donors (Lipinski definition) is 0. The Bertz CT molecular complexity index is 1210. The van der Waals surface area contributed by atoms with E-state index in [2.05, 4.69) is 9.88 Å². The lowest BCUT2D eigenvalue weighted by molar-refractivity contribution is -0.135. The fourth-order valence-electron chi connectivity index (χ4n) is 4.45. The van der Waals surface area contributed by atoms with Crippen LogP contribution in [0.1, 0.15) is 33.3 Å². The lowest BCUT2D eigenvalue weighted by Crippen LogP contribution is -2.55. The summed E-state index contributed by atoms with van der Waals surface area (Å²) < 4.78 is 0. The van der Waals surface area contributed by atoms with Crippen LogP contribution in [0.5, 0.6) is 0 Å². The highest BCUT2D eigenvalue weighted by Gasteiger charge is 2.42. The van der Waals surface area contributed by atoms with Crippen LogP contribution in [0.2, 0.25) is 0 Å². The van der Waals surface area contributed by atoms with E-state index in [1.807, 2.05) is 31.2 Å². The van der Waals surface area contributed by atoms with Crippen molar-refractivity contribution in [2.24, 2.45) is 0 Å². The molecule has 2 aliphatic heterocycles. The Hall–Kier alpha value is -3.81. The molecule has 5 rings (SSSR count). The molecule has 1 unspecified atom stereocenters. The van der Waals surface area contributed by atoms with E-state index < -0.39 is 17.9 Å². The van der Waals surface area contributed by atoms with Crippen LogP contribution in [0.3, 0.4) is 0 Å². The van der Waals surface area contributed by atoms with Gasteiger partial charge >= 0.3 is 0 Å². The third-order valence-electron chi connectivity index (χ3n) is 6.18. The van der Waals surface area contributed by atoms with Crippen molar-refractivity contribution in [3.8, 4) is 0 Å². The number of nitrogens with zero attached hydrogens (tertiary/aromatic N) is 5. The molecular weight excluding hydrogens is 406 g/mol. The number of anilines is 1. The highest BCUT2D eigenvalue weighted by atomic mass is 16.2. The van der Waals surface area contributed by atoms with Crippen LogP contribution in [-0.4, -0.2) is 69.7 Å². The van der Waals surface area contributed by atoms with E-state index in [0.29, 0.717) is 37.3 Å². The summed E-state index contributed by atoms with van der Waals surface area (Å²) in [5, 5.41) is 0. The predicted octanol–water partition coefficient (Wildman–Crippen LogP) is 2.27. The van der Waals surface area contributed by atoms with Crippen molar-refractivity contribution in [2.75, 3.05) is 31.1 Å². The predicted molar refractivity (Wildman–Crippen MR) is 119 cm³/mol. The van der Waals surface area contributed by atoms with Crippen molar-refractivity contribution in [3.63, 3.8) is 0 Å². The Morgan fingerprint density at radius 1 is 0.844 bits per heavy atom. The number of benzene rings is 2. The van der Waals surface area contributed by atoms with Gasteiger partial charge in [0.2, 0.25) is 5.91 Å². The lowest BCUT2D eigenvalue weighted by Gasteiger charge is -2.37. The summed E-state index contributed by atoms with van der Waals surface area (Å²) in [6.07, 6.45) is 0. The Labute approximate surface area is 185 Å². The Morgan fingerprint density at radius 2 is 1.38 bits per heavy atom.